The number of ketones is 1. The van der Waals surface area contributed by atoms with E-state index in [2.05, 4.69) is 15.5 Å². The number of tetrazole rings is 1. The lowest BCUT2D eigenvalue weighted by molar-refractivity contribution is 0.0967. The standard InChI is InChI=1S/C16H13ClN4O/c1-11-2-4-13(5-3-11)16-18-19-20-21(16)10-15(22)12-6-8-14(17)9-7-12/h2-9H,10H2,1H3. The van der Waals surface area contributed by atoms with E-state index in [9.17, 15) is 4.79 Å². The van der Waals surface area contributed by atoms with Crippen LogP contribution in [0.25, 0.3) is 11.4 Å². The van der Waals surface area contributed by atoms with Crippen molar-refractivity contribution in [2.75, 3.05) is 0 Å². The molecule has 2 aromatic carbocycles. The normalized spacial score (nSPS) is 10.6. The first-order chi connectivity index (χ1) is 10.6. The summed E-state index contributed by atoms with van der Waals surface area (Å²) in [5.74, 6) is 0.500. The summed E-state index contributed by atoms with van der Waals surface area (Å²) in [6.45, 7) is 2.09. The first kappa shape index (κ1) is 14.4. The maximum atomic E-state index is 12.3. The summed E-state index contributed by atoms with van der Waals surface area (Å²) in [6.07, 6.45) is 0. The van der Waals surface area contributed by atoms with Crippen LogP contribution in [-0.2, 0) is 6.54 Å². The summed E-state index contributed by atoms with van der Waals surface area (Å²) in [4.78, 5) is 12.3. The molecule has 110 valence electrons. The van der Waals surface area contributed by atoms with E-state index >= 15 is 0 Å². The van der Waals surface area contributed by atoms with Crippen LogP contribution in [0.2, 0.25) is 5.02 Å². The number of carbonyl (C=O) groups excluding carboxylic acids is 1. The fraction of sp³-hybridized carbons (Fsp3) is 0.125. The number of Topliss-reactive ketones (excluding diaryl/α,β-unsaturated/α-hetero) is 1. The van der Waals surface area contributed by atoms with Gasteiger partial charge in [-0.05, 0) is 41.6 Å². The number of hydrogen-bond acceptors (Lipinski definition) is 4. The minimum Gasteiger partial charge on any atom is -0.292 e. The summed E-state index contributed by atoms with van der Waals surface area (Å²) in [5, 5.41) is 12.2. The second kappa shape index (κ2) is 6.07. The molecule has 0 saturated carbocycles. The molecule has 3 rings (SSSR count). The minimum absolute atomic E-state index is 0.0719. The predicted molar refractivity (Wildman–Crippen MR) is 83.8 cm³/mol. The molecule has 0 bridgehead atoms. The van der Waals surface area contributed by atoms with Gasteiger partial charge in [-0.25, -0.2) is 4.68 Å². The monoisotopic (exact) mass is 312 g/mol. The van der Waals surface area contributed by atoms with E-state index in [1.807, 2.05) is 31.2 Å². The van der Waals surface area contributed by atoms with Crippen molar-refractivity contribution in [3.05, 3.63) is 64.7 Å². The van der Waals surface area contributed by atoms with Crippen molar-refractivity contribution in [1.82, 2.24) is 20.2 Å². The Morgan fingerprint density at radius 1 is 1.09 bits per heavy atom. The van der Waals surface area contributed by atoms with Crippen molar-refractivity contribution in [2.45, 2.75) is 13.5 Å². The maximum Gasteiger partial charge on any atom is 0.184 e. The number of nitrogens with zero attached hydrogens (tertiary/aromatic N) is 4. The van der Waals surface area contributed by atoms with Gasteiger partial charge in [-0.1, -0.05) is 41.4 Å². The quantitative estimate of drug-likeness (QED) is 0.694. The maximum absolute atomic E-state index is 12.3. The third-order valence-electron chi connectivity index (χ3n) is 3.30. The summed E-state index contributed by atoms with van der Waals surface area (Å²) >= 11 is 5.83. The number of aromatic nitrogens is 4. The molecule has 3 aromatic rings. The highest BCUT2D eigenvalue weighted by molar-refractivity contribution is 6.30. The van der Waals surface area contributed by atoms with Crippen molar-refractivity contribution < 1.29 is 4.79 Å². The van der Waals surface area contributed by atoms with E-state index in [1.54, 1.807) is 24.3 Å². The van der Waals surface area contributed by atoms with Crippen molar-refractivity contribution in [2.24, 2.45) is 0 Å². The Labute approximate surface area is 132 Å². The minimum atomic E-state index is -0.0719. The van der Waals surface area contributed by atoms with Gasteiger partial charge in [0.1, 0.15) is 6.54 Å². The van der Waals surface area contributed by atoms with Crippen LogP contribution in [0, 0.1) is 6.92 Å². The van der Waals surface area contributed by atoms with Crippen molar-refractivity contribution >= 4 is 17.4 Å². The average Bonchev–Trinajstić information content (AvgIpc) is 2.97. The third-order valence-corrected chi connectivity index (χ3v) is 3.55. The highest BCUT2D eigenvalue weighted by atomic mass is 35.5. The Morgan fingerprint density at radius 3 is 2.45 bits per heavy atom. The van der Waals surface area contributed by atoms with Gasteiger partial charge in [0, 0.05) is 16.1 Å². The highest BCUT2D eigenvalue weighted by Gasteiger charge is 2.13. The molecule has 0 fully saturated rings. The van der Waals surface area contributed by atoms with Crippen LogP contribution < -0.4 is 0 Å². The van der Waals surface area contributed by atoms with E-state index < -0.39 is 0 Å². The van der Waals surface area contributed by atoms with Crippen LogP contribution in [0.3, 0.4) is 0 Å². The van der Waals surface area contributed by atoms with Crippen LogP contribution in [0.4, 0.5) is 0 Å². The lowest BCUT2D eigenvalue weighted by Crippen LogP contribution is -2.13. The second-order valence-electron chi connectivity index (χ2n) is 4.96. The van der Waals surface area contributed by atoms with E-state index in [1.165, 1.54) is 4.68 Å². The summed E-state index contributed by atoms with van der Waals surface area (Å²) in [7, 11) is 0. The summed E-state index contributed by atoms with van der Waals surface area (Å²) in [6, 6.07) is 14.6. The lowest BCUT2D eigenvalue weighted by atomic mass is 10.1. The summed E-state index contributed by atoms with van der Waals surface area (Å²) in [5.41, 5.74) is 2.61. The molecule has 0 aliphatic heterocycles. The molecule has 5 nitrogen and oxygen atoms in total. The van der Waals surface area contributed by atoms with E-state index in [4.69, 9.17) is 11.6 Å². The van der Waals surface area contributed by atoms with Gasteiger partial charge in [-0.2, -0.15) is 0 Å². The Balaban J connectivity index is 1.84. The Hall–Kier alpha value is -2.53. The first-order valence-electron chi connectivity index (χ1n) is 6.75. The average molecular weight is 313 g/mol. The summed E-state index contributed by atoms with van der Waals surface area (Å²) < 4.78 is 1.50. The van der Waals surface area contributed by atoms with Gasteiger partial charge in [0.15, 0.2) is 11.6 Å². The number of benzene rings is 2. The van der Waals surface area contributed by atoms with Gasteiger partial charge in [-0.15, -0.1) is 5.10 Å². The zero-order chi connectivity index (χ0) is 15.5. The Bertz CT molecular complexity index is 794. The molecule has 0 saturated heterocycles. The lowest BCUT2D eigenvalue weighted by Gasteiger charge is -2.05. The van der Waals surface area contributed by atoms with Gasteiger partial charge in [-0.3, -0.25) is 4.79 Å². The number of aryl methyl sites for hydroxylation is 1. The van der Waals surface area contributed by atoms with Gasteiger partial charge >= 0.3 is 0 Å². The first-order valence-corrected chi connectivity index (χ1v) is 7.13. The van der Waals surface area contributed by atoms with Gasteiger partial charge in [0.05, 0.1) is 0 Å². The van der Waals surface area contributed by atoms with Gasteiger partial charge in [0.25, 0.3) is 0 Å². The number of carbonyl (C=O) groups is 1. The predicted octanol–water partition coefficient (Wildman–Crippen LogP) is 3.18. The molecular formula is C16H13ClN4O. The highest BCUT2D eigenvalue weighted by Crippen LogP contribution is 2.17. The molecule has 0 spiro atoms. The Morgan fingerprint density at radius 2 is 1.77 bits per heavy atom. The molecule has 0 aliphatic carbocycles. The van der Waals surface area contributed by atoms with Crippen LogP contribution in [0.5, 0.6) is 0 Å². The van der Waals surface area contributed by atoms with Crippen molar-refractivity contribution in [3.8, 4) is 11.4 Å². The zero-order valence-corrected chi connectivity index (χ0v) is 12.7. The molecule has 1 aromatic heterocycles. The van der Waals surface area contributed by atoms with Gasteiger partial charge in [0.2, 0.25) is 0 Å². The molecule has 6 heteroatoms. The van der Waals surface area contributed by atoms with E-state index in [0.29, 0.717) is 16.4 Å². The van der Waals surface area contributed by atoms with E-state index in [0.717, 1.165) is 11.1 Å². The molecular weight excluding hydrogens is 300 g/mol. The van der Waals surface area contributed by atoms with Crippen LogP contribution in [-0.4, -0.2) is 26.0 Å². The molecule has 0 unspecified atom stereocenters. The third kappa shape index (κ3) is 3.04. The SMILES string of the molecule is Cc1ccc(-c2nnnn2CC(=O)c2ccc(Cl)cc2)cc1. The smallest absolute Gasteiger partial charge is 0.184 e. The number of halogens is 1. The molecule has 0 amide bonds. The topological polar surface area (TPSA) is 60.7 Å². The van der Waals surface area contributed by atoms with Crippen LogP contribution in [0.15, 0.2) is 48.5 Å². The molecule has 0 aliphatic rings. The molecule has 22 heavy (non-hydrogen) atoms. The molecule has 0 atom stereocenters. The number of hydrogen-bond donors (Lipinski definition) is 0. The Kier molecular flexibility index (Phi) is 3.98. The van der Waals surface area contributed by atoms with E-state index in [-0.39, 0.29) is 12.3 Å². The molecule has 0 radical (unpaired) electrons. The molecule has 1 heterocycles. The van der Waals surface area contributed by atoms with Crippen LogP contribution in [0.1, 0.15) is 15.9 Å². The number of rotatable bonds is 4. The van der Waals surface area contributed by atoms with Crippen molar-refractivity contribution in [1.29, 1.82) is 0 Å². The van der Waals surface area contributed by atoms with Crippen molar-refractivity contribution in [3.63, 3.8) is 0 Å². The van der Waals surface area contributed by atoms with Crippen LogP contribution >= 0.6 is 11.6 Å². The largest absolute Gasteiger partial charge is 0.292 e. The fourth-order valence-corrected chi connectivity index (χ4v) is 2.21. The zero-order valence-electron chi connectivity index (χ0n) is 11.9. The van der Waals surface area contributed by atoms with Gasteiger partial charge < -0.3 is 0 Å². The second-order valence-corrected chi connectivity index (χ2v) is 5.39. The fourth-order valence-electron chi connectivity index (χ4n) is 2.08. The molecule has 0 N–H and O–H groups in total.